The van der Waals surface area contributed by atoms with E-state index in [0.717, 1.165) is 46.7 Å². The Balaban J connectivity index is 1.09. The van der Waals surface area contributed by atoms with Crippen LogP contribution >= 0.6 is 12.2 Å². The SMILES string of the molecule is Cc1cc(-c2ccc(NC(=S)Nc3cc(C(F)(F)F)cc(C(F)(F)F)c3)cc2)c(C)c2c1C[C@@H](C)/C2=C1/c2c(C)c(-c3ccc(Nc4cc(N(C)C)ccn4)cc3)cc(C)c2C[C@H]1C. The summed E-state index contributed by atoms with van der Waals surface area (Å²) < 4.78 is 80.7. The molecule has 1 aromatic heterocycles. The second-order valence-corrected chi connectivity index (χ2v) is 17.8. The molecule has 0 unspecified atom stereocenters. The average molecular weight is 890 g/mol. The van der Waals surface area contributed by atoms with Gasteiger partial charge in [0.15, 0.2) is 5.11 Å². The summed E-state index contributed by atoms with van der Waals surface area (Å²) in [6.07, 6.45) is -6.21. The van der Waals surface area contributed by atoms with Crippen molar-refractivity contribution < 1.29 is 26.3 Å². The molecule has 2 atom stereocenters. The summed E-state index contributed by atoms with van der Waals surface area (Å²) in [6.45, 7) is 13.6. The molecule has 0 radical (unpaired) electrons. The highest BCUT2D eigenvalue weighted by atomic mass is 32.1. The number of hydrogen-bond donors (Lipinski definition) is 3. The number of pyridine rings is 1. The highest BCUT2D eigenvalue weighted by molar-refractivity contribution is 7.80. The number of thiocarbonyl (C=S) groups is 1. The minimum Gasteiger partial charge on any atom is -0.378 e. The van der Waals surface area contributed by atoms with Gasteiger partial charge in [-0.2, -0.15) is 26.3 Å². The molecule has 2 aliphatic rings. The molecule has 12 heteroatoms. The number of aryl methyl sites for hydroxylation is 2. The first kappa shape index (κ1) is 44.5. The standard InChI is InChI=1S/C52H49F6N5S/c1-27-19-43(33-9-13-37(14-10-33)60-45-26-40(63(7)8)17-18-59-45)31(5)48-41(27)21-29(3)46(48)47-30(4)22-42-28(2)20-44(32(6)49(42)47)34-11-15-38(16-12-34)61-50(64)62-39-24-35(51(53,54)55)23-36(25-39)52(56,57)58/h9-20,23-26,29-30H,21-22H2,1-8H3,(H,59,60)(H2,61,62,64)/b47-46-/t29-,30-/m1/s1. The van der Waals surface area contributed by atoms with Crippen LogP contribution in [0.25, 0.3) is 33.4 Å². The zero-order valence-electron chi connectivity index (χ0n) is 36.9. The van der Waals surface area contributed by atoms with E-state index in [-0.39, 0.29) is 11.2 Å². The number of alkyl halides is 6. The van der Waals surface area contributed by atoms with Crippen LogP contribution in [0.3, 0.4) is 0 Å². The molecule has 1 heterocycles. The fourth-order valence-electron chi connectivity index (χ4n) is 9.61. The van der Waals surface area contributed by atoms with Gasteiger partial charge in [0.1, 0.15) is 5.82 Å². The quantitative estimate of drug-likeness (QED) is 0.110. The highest BCUT2D eigenvalue weighted by Gasteiger charge is 2.38. The summed E-state index contributed by atoms with van der Waals surface area (Å²) in [5.74, 6) is 1.42. The number of benzene rings is 5. The molecule has 3 N–H and O–H groups in total. The van der Waals surface area contributed by atoms with Crippen LogP contribution in [0, 0.1) is 39.5 Å². The molecule has 0 amide bonds. The van der Waals surface area contributed by atoms with Gasteiger partial charge in [-0.1, -0.05) is 50.2 Å². The summed E-state index contributed by atoms with van der Waals surface area (Å²) in [4.78, 5) is 6.56. The van der Waals surface area contributed by atoms with Gasteiger partial charge < -0.3 is 20.9 Å². The van der Waals surface area contributed by atoms with Crippen LogP contribution in [0.5, 0.6) is 0 Å². The normalized spacial score (nSPS) is 17.0. The van der Waals surface area contributed by atoms with Gasteiger partial charge in [0.25, 0.3) is 0 Å². The molecule has 0 saturated heterocycles. The number of rotatable bonds is 7. The first-order valence-electron chi connectivity index (χ1n) is 21.2. The zero-order chi connectivity index (χ0) is 46.0. The lowest BCUT2D eigenvalue weighted by atomic mass is 9.82. The summed E-state index contributed by atoms with van der Waals surface area (Å²) in [5, 5.41) is 8.70. The van der Waals surface area contributed by atoms with Crippen LogP contribution in [-0.4, -0.2) is 24.2 Å². The third kappa shape index (κ3) is 8.59. The Bertz CT molecular complexity index is 2810. The van der Waals surface area contributed by atoms with Gasteiger partial charge in [0, 0.05) is 49.1 Å². The van der Waals surface area contributed by atoms with Gasteiger partial charge in [-0.3, -0.25) is 0 Å². The zero-order valence-corrected chi connectivity index (χ0v) is 37.7. The smallest absolute Gasteiger partial charge is 0.378 e. The Morgan fingerprint density at radius 2 is 1.06 bits per heavy atom. The lowest BCUT2D eigenvalue weighted by Crippen LogP contribution is -2.20. The van der Waals surface area contributed by atoms with Crippen LogP contribution in [-0.2, 0) is 25.2 Å². The number of nitrogens with one attached hydrogen (secondary N) is 3. The van der Waals surface area contributed by atoms with Gasteiger partial charge in [-0.25, -0.2) is 4.98 Å². The lowest BCUT2D eigenvalue weighted by molar-refractivity contribution is -0.143. The van der Waals surface area contributed by atoms with Crippen molar-refractivity contribution >= 4 is 57.0 Å². The molecule has 2 aliphatic carbocycles. The van der Waals surface area contributed by atoms with Gasteiger partial charge in [0.05, 0.1) is 11.1 Å². The van der Waals surface area contributed by atoms with E-state index in [1.54, 1.807) is 18.3 Å². The van der Waals surface area contributed by atoms with Crippen LogP contribution < -0.4 is 20.9 Å². The number of halogens is 6. The molecule has 330 valence electrons. The fourth-order valence-corrected chi connectivity index (χ4v) is 9.84. The molecular formula is C52H49F6N5S. The monoisotopic (exact) mass is 889 g/mol. The predicted molar refractivity (Wildman–Crippen MR) is 253 cm³/mol. The maximum absolute atomic E-state index is 13.5. The summed E-state index contributed by atoms with van der Waals surface area (Å²) in [5.41, 5.74) is 17.0. The molecule has 5 nitrogen and oxygen atoms in total. The molecule has 0 bridgehead atoms. The Morgan fingerprint density at radius 3 is 1.52 bits per heavy atom. The highest BCUT2D eigenvalue weighted by Crippen LogP contribution is 2.54. The second-order valence-electron chi connectivity index (χ2n) is 17.4. The molecule has 64 heavy (non-hydrogen) atoms. The van der Waals surface area contributed by atoms with Crippen LogP contribution in [0.2, 0.25) is 0 Å². The molecule has 8 rings (SSSR count). The third-order valence-electron chi connectivity index (χ3n) is 12.7. The van der Waals surface area contributed by atoms with E-state index < -0.39 is 29.2 Å². The molecular weight excluding hydrogens is 841 g/mol. The van der Waals surface area contributed by atoms with Crippen molar-refractivity contribution in [2.24, 2.45) is 11.8 Å². The van der Waals surface area contributed by atoms with Crippen molar-refractivity contribution in [3.8, 4) is 22.3 Å². The number of nitrogens with zero attached hydrogens (tertiary/aromatic N) is 2. The van der Waals surface area contributed by atoms with Gasteiger partial charge in [0.2, 0.25) is 0 Å². The number of fused-ring (bicyclic) bond motifs is 2. The molecule has 5 aromatic carbocycles. The van der Waals surface area contributed by atoms with Crippen molar-refractivity contribution in [1.82, 2.24) is 4.98 Å². The molecule has 0 fully saturated rings. The van der Waals surface area contributed by atoms with E-state index >= 15 is 0 Å². The molecule has 6 aromatic rings. The van der Waals surface area contributed by atoms with Crippen LogP contribution in [0.4, 0.5) is 54.9 Å². The van der Waals surface area contributed by atoms with E-state index in [4.69, 9.17) is 12.2 Å². The average Bonchev–Trinajstić information content (AvgIpc) is 3.77. The molecule has 0 saturated carbocycles. The van der Waals surface area contributed by atoms with E-state index in [2.05, 4.69) is 98.9 Å². The maximum atomic E-state index is 13.5. The summed E-state index contributed by atoms with van der Waals surface area (Å²) in [6, 6.07) is 25.9. The van der Waals surface area contributed by atoms with E-state index in [0.29, 0.717) is 29.7 Å². The first-order valence-corrected chi connectivity index (χ1v) is 21.6. The van der Waals surface area contributed by atoms with E-state index in [1.165, 1.54) is 61.2 Å². The minimum atomic E-state index is -4.97. The number of allylic oxidation sites excluding steroid dienone is 2. The number of aromatic nitrogens is 1. The van der Waals surface area contributed by atoms with Crippen molar-refractivity contribution in [2.75, 3.05) is 34.9 Å². The van der Waals surface area contributed by atoms with Gasteiger partial charge >= 0.3 is 12.4 Å². The Labute approximate surface area is 375 Å². The third-order valence-corrected chi connectivity index (χ3v) is 12.9. The largest absolute Gasteiger partial charge is 0.416 e. The summed E-state index contributed by atoms with van der Waals surface area (Å²) in [7, 11) is 4.02. The van der Waals surface area contributed by atoms with Gasteiger partial charge in [-0.15, -0.1) is 0 Å². The van der Waals surface area contributed by atoms with E-state index in [1.807, 2.05) is 43.3 Å². The maximum Gasteiger partial charge on any atom is 0.416 e. The fraction of sp³-hybridized carbons (Fsp3) is 0.269. The lowest BCUT2D eigenvalue weighted by Gasteiger charge is -2.22. The Kier molecular flexibility index (Phi) is 11.7. The van der Waals surface area contributed by atoms with Crippen molar-refractivity contribution in [3.05, 3.63) is 153 Å². The topological polar surface area (TPSA) is 52.2 Å². The minimum absolute atomic E-state index is 0.0827. The van der Waals surface area contributed by atoms with Crippen molar-refractivity contribution in [3.63, 3.8) is 0 Å². The molecule has 0 aliphatic heterocycles. The van der Waals surface area contributed by atoms with Crippen LogP contribution in [0.15, 0.2) is 97.2 Å². The molecule has 0 spiro atoms. The second kappa shape index (κ2) is 16.8. The predicted octanol–water partition coefficient (Wildman–Crippen LogP) is 14.6. The summed E-state index contributed by atoms with van der Waals surface area (Å²) >= 11 is 5.32. The van der Waals surface area contributed by atoms with Gasteiger partial charge in [-0.05, 0) is 191 Å². The Hall–Kier alpha value is -6.14. The van der Waals surface area contributed by atoms with E-state index in [9.17, 15) is 26.3 Å². The number of anilines is 5. The van der Waals surface area contributed by atoms with Crippen molar-refractivity contribution in [2.45, 2.75) is 66.7 Å². The number of hydrogen-bond acceptors (Lipinski definition) is 4. The van der Waals surface area contributed by atoms with Crippen molar-refractivity contribution in [1.29, 1.82) is 0 Å². The van der Waals surface area contributed by atoms with Crippen LogP contribution in [0.1, 0.15) is 69.5 Å². The Morgan fingerprint density at radius 1 is 0.609 bits per heavy atom. The first-order chi connectivity index (χ1) is 30.2.